The van der Waals surface area contributed by atoms with E-state index >= 15 is 0 Å². The average Bonchev–Trinajstić information content (AvgIpc) is 3.22. The fourth-order valence-electron chi connectivity index (χ4n) is 5.32. The van der Waals surface area contributed by atoms with Crippen LogP contribution in [0.3, 0.4) is 0 Å². The minimum absolute atomic E-state index is 0.00737. The number of rotatable bonds is 4. The van der Waals surface area contributed by atoms with Crippen molar-refractivity contribution < 1.29 is 4.79 Å². The molecular formula is C27H31N3O. The number of benzene rings is 2. The lowest BCUT2D eigenvalue weighted by Crippen LogP contribution is -2.41. The summed E-state index contributed by atoms with van der Waals surface area (Å²) < 4.78 is 0. The number of hydrogen-bond donors (Lipinski definition) is 0. The Kier molecular flexibility index (Phi) is 5.99. The number of nitrogens with zero attached hydrogens (tertiary/aromatic N) is 3. The van der Waals surface area contributed by atoms with Crippen LogP contribution in [0.2, 0.25) is 0 Å². The molecule has 1 aliphatic carbocycles. The summed E-state index contributed by atoms with van der Waals surface area (Å²) in [7, 11) is 0. The fourth-order valence-corrected chi connectivity index (χ4v) is 5.32. The molecule has 3 aliphatic rings. The maximum atomic E-state index is 13.5. The van der Waals surface area contributed by atoms with Crippen LogP contribution in [0.1, 0.15) is 55.7 Å². The number of allylic oxidation sites excluding steroid dienone is 1. The van der Waals surface area contributed by atoms with Gasteiger partial charge in [-0.15, -0.1) is 0 Å². The van der Waals surface area contributed by atoms with E-state index in [2.05, 4.69) is 59.5 Å². The van der Waals surface area contributed by atoms with Crippen LogP contribution >= 0.6 is 0 Å². The highest BCUT2D eigenvalue weighted by atomic mass is 16.2. The average molecular weight is 414 g/mol. The molecule has 0 spiro atoms. The highest BCUT2D eigenvalue weighted by molar-refractivity contribution is 6.08. The smallest absolute Gasteiger partial charge is 0.257 e. The molecule has 2 aliphatic heterocycles. The summed E-state index contributed by atoms with van der Waals surface area (Å²) in [4.78, 5) is 15.8. The summed E-state index contributed by atoms with van der Waals surface area (Å²) in [5.74, 6) is 0.410. The maximum Gasteiger partial charge on any atom is 0.257 e. The lowest BCUT2D eigenvalue weighted by molar-refractivity contribution is -0.135. The normalized spacial score (nSPS) is 25.4. The third-order valence-electron chi connectivity index (χ3n) is 6.85. The standard InChI is InChI=1S/C27H31N3O/c31-25(20-29-17-8-3-9-18-29)30-27(22-13-6-2-7-14-22)24-16-10-15-23(26(24)28-30)19-21-11-4-1-5-12-21/h1-2,4-7,11-14,19,24,27H,3,8-10,15-18,20H2/b23-19+. The van der Waals surface area contributed by atoms with Crippen LogP contribution in [0, 0.1) is 5.92 Å². The molecule has 0 radical (unpaired) electrons. The van der Waals surface area contributed by atoms with E-state index in [0.717, 1.165) is 38.1 Å². The van der Waals surface area contributed by atoms with Crippen molar-refractivity contribution >= 4 is 17.7 Å². The van der Waals surface area contributed by atoms with Gasteiger partial charge in [0.2, 0.25) is 0 Å². The van der Waals surface area contributed by atoms with Gasteiger partial charge in [0.1, 0.15) is 0 Å². The van der Waals surface area contributed by atoms with Crippen LogP contribution in [-0.4, -0.2) is 41.2 Å². The predicted octanol–water partition coefficient (Wildman–Crippen LogP) is 5.30. The van der Waals surface area contributed by atoms with Gasteiger partial charge in [0.15, 0.2) is 0 Å². The monoisotopic (exact) mass is 413 g/mol. The second-order valence-electron chi connectivity index (χ2n) is 8.99. The van der Waals surface area contributed by atoms with Gasteiger partial charge in [-0.25, -0.2) is 5.01 Å². The predicted molar refractivity (Wildman–Crippen MR) is 126 cm³/mol. The maximum absolute atomic E-state index is 13.5. The molecule has 1 saturated heterocycles. The quantitative estimate of drug-likeness (QED) is 0.682. The van der Waals surface area contributed by atoms with E-state index in [0.29, 0.717) is 6.54 Å². The van der Waals surface area contributed by atoms with Crippen LogP contribution < -0.4 is 0 Å². The SMILES string of the molecule is O=C(CN1CCCCC1)N1N=C2/C(=C/c3ccccc3)CCCC2C1c1ccccc1. The number of carbonyl (C=O) groups excluding carboxylic acids is 1. The molecule has 2 fully saturated rings. The van der Waals surface area contributed by atoms with Gasteiger partial charge in [-0.3, -0.25) is 9.69 Å². The summed E-state index contributed by atoms with van der Waals surface area (Å²) in [6.45, 7) is 2.52. The van der Waals surface area contributed by atoms with Crippen LogP contribution in [0.5, 0.6) is 0 Å². The Morgan fingerprint density at radius 3 is 2.39 bits per heavy atom. The fraction of sp³-hybridized carbons (Fsp3) is 0.407. The molecule has 4 heteroatoms. The Labute approximate surface area is 185 Å². The molecule has 31 heavy (non-hydrogen) atoms. The minimum atomic E-state index is 0.00737. The van der Waals surface area contributed by atoms with E-state index in [9.17, 15) is 4.79 Å². The van der Waals surface area contributed by atoms with Crippen LogP contribution in [0.15, 0.2) is 71.3 Å². The summed E-state index contributed by atoms with van der Waals surface area (Å²) in [5, 5.41) is 6.84. The number of carbonyl (C=O) groups is 1. The molecule has 2 atom stereocenters. The van der Waals surface area contributed by atoms with Crippen molar-refractivity contribution in [3.05, 3.63) is 77.4 Å². The summed E-state index contributed by atoms with van der Waals surface area (Å²) in [6.07, 6.45) is 9.18. The molecule has 0 aromatic heterocycles. The molecule has 0 bridgehead atoms. The van der Waals surface area contributed by atoms with Crippen molar-refractivity contribution in [3.63, 3.8) is 0 Å². The molecular weight excluding hydrogens is 382 g/mol. The third-order valence-corrected chi connectivity index (χ3v) is 6.85. The van der Waals surface area contributed by atoms with E-state index in [-0.39, 0.29) is 17.9 Å². The first-order valence-corrected chi connectivity index (χ1v) is 11.7. The summed E-state index contributed by atoms with van der Waals surface area (Å²) in [5.41, 5.74) is 4.81. The Hall–Kier alpha value is -2.72. The summed E-state index contributed by atoms with van der Waals surface area (Å²) >= 11 is 0. The Balaban J connectivity index is 1.47. The Bertz CT molecular complexity index is 960. The molecule has 1 saturated carbocycles. The highest BCUT2D eigenvalue weighted by Gasteiger charge is 2.43. The summed E-state index contributed by atoms with van der Waals surface area (Å²) in [6, 6.07) is 21.0. The number of amides is 1. The number of likely N-dealkylation sites (tertiary alicyclic amines) is 1. The molecule has 1 amide bonds. The van der Waals surface area contributed by atoms with Gasteiger partial charge in [-0.1, -0.05) is 67.1 Å². The molecule has 4 nitrogen and oxygen atoms in total. The Morgan fingerprint density at radius 2 is 1.65 bits per heavy atom. The largest absolute Gasteiger partial charge is 0.294 e. The molecule has 0 N–H and O–H groups in total. The van der Waals surface area contributed by atoms with Gasteiger partial charge in [-0.2, -0.15) is 5.10 Å². The zero-order valence-electron chi connectivity index (χ0n) is 18.1. The van der Waals surface area contributed by atoms with E-state index in [4.69, 9.17) is 5.10 Å². The van der Waals surface area contributed by atoms with Gasteiger partial charge in [0.05, 0.1) is 18.3 Å². The van der Waals surface area contributed by atoms with Gasteiger partial charge in [-0.05, 0) is 68.0 Å². The van der Waals surface area contributed by atoms with E-state index < -0.39 is 0 Å². The molecule has 2 unspecified atom stereocenters. The van der Waals surface area contributed by atoms with Crippen LogP contribution in [0.4, 0.5) is 0 Å². The molecule has 5 rings (SSSR count). The second-order valence-corrected chi connectivity index (χ2v) is 8.99. The first-order valence-electron chi connectivity index (χ1n) is 11.7. The van der Waals surface area contributed by atoms with E-state index in [1.165, 1.54) is 36.0 Å². The lowest BCUT2D eigenvalue weighted by atomic mass is 9.77. The van der Waals surface area contributed by atoms with E-state index in [1.807, 2.05) is 17.1 Å². The first kappa shape index (κ1) is 20.2. The zero-order valence-corrected chi connectivity index (χ0v) is 18.1. The van der Waals surface area contributed by atoms with Gasteiger partial charge >= 0.3 is 0 Å². The van der Waals surface area contributed by atoms with Gasteiger partial charge in [0.25, 0.3) is 5.91 Å². The van der Waals surface area contributed by atoms with Crippen molar-refractivity contribution in [1.29, 1.82) is 0 Å². The molecule has 2 aromatic carbocycles. The third kappa shape index (κ3) is 4.35. The molecule has 2 heterocycles. The van der Waals surface area contributed by atoms with Crippen molar-refractivity contribution in [2.24, 2.45) is 11.0 Å². The van der Waals surface area contributed by atoms with Crippen LogP contribution in [-0.2, 0) is 4.79 Å². The van der Waals surface area contributed by atoms with Crippen LogP contribution in [0.25, 0.3) is 6.08 Å². The van der Waals surface area contributed by atoms with Crippen molar-refractivity contribution in [2.45, 2.75) is 44.6 Å². The van der Waals surface area contributed by atoms with Crippen molar-refractivity contribution in [1.82, 2.24) is 9.91 Å². The second kappa shape index (κ2) is 9.19. The number of hydrogen-bond acceptors (Lipinski definition) is 3. The van der Waals surface area contributed by atoms with Crippen molar-refractivity contribution in [2.75, 3.05) is 19.6 Å². The highest BCUT2D eigenvalue weighted by Crippen LogP contribution is 2.44. The van der Waals surface area contributed by atoms with E-state index in [1.54, 1.807) is 0 Å². The zero-order chi connectivity index (χ0) is 21.0. The van der Waals surface area contributed by atoms with Gasteiger partial charge < -0.3 is 0 Å². The molecule has 2 aromatic rings. The number of fused-ring (bicyclic) bond motifs is 1. The topological polar surface area (TPSA) is 35.9 Å². The minimum Gasteiger partial charge on any atom is -0.294 e. The Morgan fingerprint density at radius 1 is 0.935 bits per heavy atom. The number of piperidine rings is 1. The van der Waals surface area contributed by atoms with Gasteiger partial charge in [0, 0.05) is 5.92 Å². The lowest BCUT2D eigenvalue weighted by Gasteiger charge is -2.31. The molecule has 160 valence electrons. The number of hydrazone groups is 1. The van der Waals surface area contributed by atoms with Crippen molar-refractivity contribution in [3.8, 4) is 0 Å². The first-order chi connectivity index (χ1) is 15.3.